The van der Waals surface area contributed by atoms with Gasteiger partial charge in [0, 0.05) is 23.5 Å². The molecule has 0 aliphatic carbocycles. The fourth-order valence-corrected chi connectivity index (χ4v) is 4.40. The summed E-state index contributed by atoms with van der Waals surface area (Å²) < 4.78 is 7.63. The molecule has 3 aromatic carbocycles. The van der Waals surface area contributed by atoms with Crippen molar-refractivity contribution in [1.29, 1.82) is 0 Å². The highest BCUT2D eigenvalue weighted by molar-refractivity contribution is 7.99. The highest BCUT2D eigenvalue weighted by Gasteiger charge is 2.15. The minimum atomic E-state index is -0.0725. The van der Waals surface area contributed by atoms with Crippen LogP contribution in [0.2, 0.25) is 0 Å². The normalized spacial score (nSPS) is 10.7. The number of aromatic nitrogens is 3. The molecule has 1 heterocycles. The van der Waals surface area contributed by atoms with Crippen LogP contribution in [0.15, 0.2) is 84.0 Å². The van der Waals surface area contributed by atoms with Crippen molar-refractivity contribution in [3.63, 3.8) is 0 Å². The van der Waals surface area contributed by atoms with E-state index < -0.39 is 0 Å². The van der Waals surface area contributed by atoms with E-state index in [2.05, 4.69) is 52.0 Å². The third-order valence-corrected chi connectivity index (χ3v) is 6.17. The number of aryl methyl sites for hydroxylation is 1. The molecular weight excluding hydrogens is 458 g/mol. The summed E-state index contributed by atoms with van der Waals surface area (Å²) in [6.07, 6.45) is 0.337. The molecule has 1 amide bonds. The summed E-state index contributed by atoms with van der Waals surface area (Å²) in [4.78, 5) is 12.6. The van der Waals surface area contributed by atoms with Crippen molar-refractivity contribution >= 4 is 29.0 Å². The van der Waals surface area contributed by atoms with E-state index in [1.165, 1.54) is 17.3 Å². The smallest absolute Gasteiger partial charge is 0.225 e. The van der Waals surface area contributed by atoms with Gasteiger partial charge in [-0.25, -0.2) is 0 Å². The van der Waals surface area contributed by atoms with Gasteiger partial charge in [0.15, 0.2) is 11.0 Å². The Hall–Kier alpha value is -3.78. The predicted octanol–water partition coefficient (Wildman–Crippen LogP) is 5.71. The van der Waals surface area contributed by atoms with Gasteiger partial charge in [-0.15, -0.1) is 10.2 Å². The highest BCUT2D eigenvalue weighted by Crippen LogP contribution is 2.26. The van der Waals surface area contributed by atoms with Crippen LogP contribution in [0.3, 0.4) is 0 Å². The Balaban J connectivity index is 1.42. The first-order valence-electron chi connectivity index (χ1n) is 11.6. The molecule has 0 aliphatic heterocycles. The average Bonchev–Trinajstić information content (AvgIpc) is 3.28. The van der Waals surface area contributed by atoms with E-state index >= 15 is 0 Å². The van der Waals surface area contributed by atoms with Crippen LogP contribution in [-0.2, 0) is 11.3 Å². The summed E-state index contributed by atoms with van der Waals surface area (Å²) in [5, 5.41) is 16.0. The maximum absolute atomic E-state index is 12.6. The second kappa shape index (κ2) is 12.1. The zero-order valence-electron chi connectivity index (χ0n) is 19.9. The maximum atomic E-state index is 12.6. The number of carbonyl (C=O) groups is 1. The molecular formula is C27H29N5O2S. The molecule has 7 nitrogen and oxygen atoms in total. The lowest BCUT2D eigenvalue weighted by Gasteiger charge is -2.12. The number of amides is 1. The van der Waals surface area contributed by atoms with Crippen LogP contribution in [0.1, 0.15) is 24.7 Å². The Morgan fingerprint density at radius 1 is 0.971 bits per heavy atom. The number of rotatable bonds is 11. The quantitative estimate of drug-likeness (QED) is 0.264. The number of benzene rings is 3. The Labute approximate surface area is 209 Å². The van der Waals surface area contributed by atoms with Gasteiger partial charge in [0.25, 0.3) is 0 Å². The van der Waals surface area contributed by atoms with E-state index in [0.717, 1.165) is 22.4 Å². The first-order chi connectivity index (χ1) is 17.1. The lowest BCUT2D eigenvalue weighted by Crippen LogP contribution is -2.13. The Morgan fingerprint density at radius 3 is 2.49 bits per heavy atom. The fourth-order valence-electron chi connectivity index (χ4n) is 3.50. The number of thioether (sulfide) groups is 1. The van der Waals surface area contributed by atoms with E-state index in [-0.39, 0.29) is 5.91 Å². The van der Waals surface area contributed by atoms with Crippen LogP contribution < -0.4 is 15.4 Å². The summed E-state index contributed by atoms with van der Waals surface area (Å²) in [6.45, 7) is 5.05. The van der Waals surface area contributed by atoms with E-state index in [9.17, 15) is 4.79 Å². The van der Waals surface area contributed by atoms with Crippen molar-refractivity contribution in [3.05, 3.63) is 90.3 Å². The summed E-state index contributed by atoms with van der Waals surface area (Å²) in [6, 6.07) is 25.7. The molecule has 0 saturated carbocycles. The van der Waals surface area contributed by atoms with Gasteiger partial charge in [0.05, 0.1) is 18.8 Å². The predicted molar refractivity (Wildman–Crippen MR) is 141 cm³/mol. The summed E-state index contributed by atoms with van der Waals surface area (Å²) in [5.74, 6) is 1.97. The zero-order valence-corrected chi connectivity index (χ0v) is 20.7. The molecule has 0 fully saturated rings. The lowest BCUT2D eigenvalue weighted by atomic mass is 10.2. The molecule has 2 N–H and O–H groups in total. The van der Waals surface area contributed by atoms with Crippen LogP contribution in [0.4, 0.5) is 11.4 Å². The highest BCUT2D eigenvalue weighted by atomic mass is 32.2. The molecule has 0 aliphatic rings. The number of anilines is 2. The Morgan fingerprint density at radius 2 is 1.71 bits per heavy atom. The average molecular weight is 488 g/mol. The molecule has 0 unspecified atom stereocenters. The van der Waals surface area contributed by atoms with Crippen molar-refractivity contribution < 1.29 is 9.53 Å². The van der Waals surface area contributed by atoms with Crippen LogP contribution in [0.25, 0.3) is 5.69 Å². The first-order valence-corrected chi connectivity index (χ1v) is 12.6. The molecule has 4 aromatic rings. The van der Waals surface area contributed by atoms with Crippen LogP contribution >= 0.6 is 11.8 Å². The molecule has 0 atom stereocenters. The van der Waals surface area contributed by atoms with E-state index in [1.807, 2.05) is 66.1 Å². The largest absolute Gasteiger partial charge is 0.492 e. The van der Waals surface area contributed by atoms with Crippen LogP contribution in [-0.4, -0.2) is 33.0 Å². The minimum absolute atomic E-state index is 0.0725. The van der Waals surface area contributed by atoms with Gasteiger partial charge < -0.3 is 15.4 Å². The SMILES string of the molecule is CCOc1ccccc1NC(=O)CCSc1nnc(CNc2ccc(C)cc2)n1-c1ccccc1. The topological polar surface area (TPSA) is 81.1 Å². The number of carbonyl (C=O) groups excluding carboxylic acids is 1. The fraction of sp³-hybridized carbons (Fsp3) is 0.222. The molecule has 0 saturated heterocycles. The number of ether oxygens (including phenoxy) is 1. The minimum Gasteiger partial charge on any atom is -0.492 e. The number of para-hydroxylation sites is 3. The second-order valence-corrected chi connectivity index (χ2v) is 8.93. The molecule has 1 aromatic heterocycles. The molecule has 0 radical (unpaired) electrons. The molecule has 8 heteroatoms. The number of hydrogen-bond donors (Lipinski definition) is 2. The number of nitrogens with one attached hydrogen (secondary N) is 2. The van der Waals surface area contributed by atoms with Crippen molar-refractivity contribution in [2.75, 3.05) is 23.0 Å². The second-order valence-electron chi connectivity index (χ2n) is 7.87. The number of nitrogens with zero attached hydrogens (tertiary/aromatic N) is 3. The van der Waals surface area contributed by atoms with Crippen molar-refractivity contribution in [1.82, 2.24) is 14.8 Å². The van der Waals surface area contributed by atoms with Gasteiger partial charge in [-0.3, -0.25) is 9.36 Å². The molecule has 4 rings (SSSR count). The van der Waals surface area contributed by atoms with Crippen molar-refractivity contribution in [2.24, 2.45) is 0 Å². The van der Waals surface area contributed by atoms with Gasteiger partial charge in [0.2, 0.25) is 5.91 Å². The monoisotopic (exact) mass is 487 g/mol. The van der Waals surface area contributed by atoms with Crippen molar-refractivity contribution in [2.45, 2.75) is 32.0 Å². The van der Waals surface area contributed by atoms with E-state index in [1.54, 1.807) is 0 Å². The van der Waals surface area contributed by atoms with Gasteiger partial charge in [-0.05, 0) is 50.2 Å². The van der Waals surface area contributed by atoms with Crippen LogP contribution in [0.5, 0.6) is 5.75 Å². The summed E-state index contributed by atoms with van der Waals surface area (Å²) in [7, 11) is 0. The van der Waals surface area contributed by atoms with Crippen molar-refractivity contribution in [3.8, 4) is 11.4 Å². The molecule has 0 bridgehead atoms. The van der Waals surface area contributed by atoms with Gasteiger partial charge in [-0.2, -0.15) is 0 Å². The Bertz CT molecular complexity index is 1240. The number of hydrogen-bond acceptors (Lipinski definition) is 6. The third-order valence-electron chi connectivity index (χ3n) is 5.24. The van der Waals surface area contributed by atoms with Gasteiger partial charge in [0.1, 0.15) is 5.75 Å². The standard InChI is InChI=1S/C27H29N5O2S/c1-3-34-24-12-8-7-11-23(24)29-26(33)17-18-35-27-31-30-25(32(27)22-9-5-4-6-10-22)19-28-21-15-13-20(2)14-16-21/h4-16,28H,3,17-19H2,1-2H3,(H,29,33). The zero-order chi connectivity index (χ0) is 24.5. The van der Waals surface area contributed by atoms with E-state index in [4.69, 9.17) is 4.74 Å². The molecule has 35 heavy (non-hydrogen) atoms. The molecule has 180 valence electrons. The van der Waals surface area contributed by atoms with Gasteiger partial charge in [-0.1, -0.05) is 59.8 Å². The maximum Gasteiger partial charge on any atom is 0.225 e. The first kappa shape index (κ1) is 24.3. The Kier molecular flexibility index (Phi) is 8.40. The summed E-state index contributed by atoms with van der Waals surface area (Å²) in [5.41, 5.74) is 3.90. The summed E-state index contributed by atoms with van der Waals surface area (Å²) >= 11 is 1.51. The third kappa shape index (κ3) is 6.64. The molecule has 0 spiro atoms. The van der Waals surface area contributed by atoms with E-state index in [0.29, 0.717) is 36.8 Å². The van der Waals surface area contributed by atoms with Crippen LogP contribution in [0, 0.1) is 6.92 Å². The van der Waals surface area contributed by atoms with Gasteiger partial charge >= 0.3 is 0 Å². The lowest BCUT2D eigenvalue weighted by molar-refractivity contribution is -0.115.